The van der Waals surface area contributed by atoms with E-state index in [0.29, 0.717) is 24.0 Å². The van der Waals surface area contributed by atoms with E-state index in [-0.39, 0.29) is 11.8 Å². The average molecular weight is 215 g/mol. The fraction of sp³-hybridized carbons (Fsp3) is 0.250. The van der Waals surface area contributed by atoms with Gasteiger partial charge in [-0.15, -0.1) is 0 Å². The van der Waals surface area contributed by atoms with Gasteiger partial charge in [-0.05, 0) is 24.3 Å². The van der Waals surface area contributed by atoms with Gasteiger partial charge >= 0.3 is 5.97 Å². The number of esters is 1. The molecule has 0 spiro atoms. The van der Waals surface area contributed by atoms with Crippen LogP contribution in [0.3, 0.4) is 0 Å². The number of Topliss-reactive ketones (excluding diaryl/α,β-unsaturated/α-hetero) is 1. The highest BCUT2D eigenvalue weighted by Crippen LogP contribution is 2.18. The molecule has 1 aromatic rings. The Morgan fingerprint density at radius 2 is 2.06 bits per heavy atom. The van der Waals surface area contributed by atoms with Crippen molar-refractivity contribution in [3.63, 3.8) is 0 Å². The van der Waals surface area contributed by atoms with Crippen molar-refractivity contribution >= 4 is 11.8 Å². The molecule has 2 rings (SSSR count). The van der Waals surface area contributed by atoms with Gasteiger partial charge in [-0.25, -0.2) is 0 Å². The Morgan fingerprint density at radius 1 is 1.38 bits per heavy atom. The molecule has 1 heterocycles. The van der Waals surface area contributed by atoms with E-state index < -0.39 is 6.10 Å². The molecule has 1 aliphatic rings. The van der Waals surface area contributed by atoms with Crippen LogP contribution in [0.4, 0.5) is 0 Å². The van der Waals surface area contributed by atoms with E-state index in [2.05, 4.69) is 0 Å². The van der Waals surface area contributed by atoms with Crippen molar-refractivity contribution in [1.82, 2.24) is 0 Å². The number of ketones is 1. The molecule has 1 atom stereocenters. The number of ether oxygens (including phenoxy) is 1. The van der Waals surface area contributed by atoms with Crippen LogP contribution in [0.15, 0.2) is 24.3 Å². The molecule has 0 aliphatic carbocycles. The molecule has 1 saturated heterocycles. The summed E-state index contributed by atoms with van der Waals surface area (Å²) in [5.41, 5.74) is 0.971. The van der Waals surface area contributed by atoms with Crippen LogP contribution in [0.5, 0.6) is 0 Å². The van der Waals surface area contributed by atoms with Crippen LogP contribution in [0.25, 0.3) is 0 Å². The van der Waals surface area contributed by atoms with Gasteiger partial charge in [0.05, 0.1) is 11.6 Å². The number of rotatable bonds is 2. The van der Waals surface area contributed by atoms with Crippen molar-refractivity contribution in [3.05, 3.63) is 35.4 Å². The quantitative estimate of drug-likeness (QED) is 0.553. The number of carbonyl (C=O) groups excluding carboxylic acids is 2. The fourth-order valence-corrected chi connectivity index (χ4v) is 1.61. The number of benzene rings is 1. The summed E-state index contributed by atoms with van der Waals surface area (Å²) in [4.78, 5) is 22.7. The highest BCUT2D eigenvalue weighted by Gasteiger charge is 2.30. The Hall–Kier alpha value is -2.15. The van der Waals surface area contributed by atoms with Gasteiger partial charge in [-0.3, -0.25) is 9.59 Å². The molecule has 4 nitrogen and oxygen atoms in total. The number of nitriles is 1. The van der Waals surface area contributed by atoms with Crippen LogP contribution in [0, 0.1) is 11.3 Å². The van der Waals surface area contributed by atoms with Crippen LogP contribution in [-0.4, -0.2) is 17.9 Å². The van der Waals surface area contributed by atoms with Gasteiger partial charge in [-0.2, -0.15) is 5.26 Å². The third-order valence-corrected chi connectivity index (χ3v) is 2.48. The summed E-state index contributed by atoms with van der Waals surface area (Å²) in [6.07, 6.45) is 0.0881. The molecule has 0 aromatic heterocycles. The van der Waals surface area contributed by atoms with Crippen LogP contribution in [-0.2, 0) is 9.53 Å². The Kier molecular flexibility index (Phi) is 2.69. The molecular weight excluding hydrogens is 206 g/mol. The second kappa shape index (κ2) is 4.15. The molecule has 0 radical (unpaired) electrons. The summed E-state index contributed by atoms with van der Waals surface area (Å²) in [5, 5.41) is 8.61. The van der Waals surface area contributed by atoms with Crippen LogP contribution >= 0.6 is 0 Å². The van der Waals surface area contributed by atoms with Crippen LogP contribution in [0.1, 0.15) is 28.8 Å². The van der Waals surface area contributed by atoms with Crippen molar-refractivity contribution in [2.45, 2.75) is 18.9 Å². The Bertz CT molecular complexity index is 470. The van der Waals surface area contributed by atoms with Gasteiger partial charge in [0.2, 0.25) is 5.78 Å². The minimum atomic E-state index is -0.652. The number of hydrogen-bond acceptors (Lipinski definition) is 4. The Labute approximate surface area is 92.4 Å². The summed E-state index contributed by atoms with van der Waals surface area (Å²) in [6, 6.07) is 8.27. The summed E-state index contributed by atoms with van der Waals surface area (Å²) in [7, 11) is 0. The van der Waals surface area contributed by atoms with Gasteiger partial charge in [0.25, 0.3) is 0 Å². The van der Waals surface area contributed by atoms with Crippen LogP contribution in [0.2, 0.25) is 0 Å². The van der Waals surface area contributed by atoms with Gasteiger partial charge < -0.3 is 4.74 Å². The standard InChI is InChI=1S/C12H9NO3/c13-7-8-1-3-9(4-2-8)12(15)10-5-6-11(14)16-10/h1-4,10H,5-6H2. The molecule has 1 fully saturated rings. The normalized spacial score (nSPS) is 18.9. The molecule has 0 bridgehead atoms. The largest absolute Gasteiger partial charge is 0.454 e. The van der Waals surface area contributed by atoms with E-state index >= 15 is 0 Å². The van der Waals surface area contributed by atoms with Gasteiger partial charge in [0.15, 0.2) is 6.10 Å². The summed E-state index contributed by atoms with van der Waals surface area (Å²) in [5.74, 6) is -0.526. The molecule has 0 N–H and O–H groups in total. The minimum absolute atomic E-state index is 0.199. The first-order chi connectivity index (χ1) is 7.70. The second-order valence-electron chi connectivity index (χ2n) is 3.57. The number of cyclic esters (lactones) is 1. The molecular formula is C12H9NO3. The SMILES string of the molecule is N#Cc1ccc(C(=O)C2CCC(=O)O2)cc1. The highest BCUT2D eigenvalue weighted by atomic mass is 16.6. The van der Waals surface area contributed by atoms with E-state index in [9.17, 15) is 9.59 Å². The second-order valence-corrected chi connectivity index (χ2v) is 3.57. The van der Waals surface area contributed by atoms with Crippen molar-refractivity contribution in [2.24, 2.45) is 0 Å². The van der Waals surface area contributed by atoms with E-state index in [4.69, 9.17) is 10.00 Å². The zero-order chi connectivity index (χ0) is 11.5. The first kappa shape index (κ1) is 10.4. The summed E-state index contributed by atoms with van der Waals surface area (Å²) in [6.45, 7) is 0. The predicted molar refractivity (Wildman–Crippen MR) is 54.6 cm³/mol. The average Bonchev–Trinajstić information content (AvgIpc) is 2.75. The lowest BCUT2D eigenvalue weighted by atomic mass is 10.0. The third kappa shape index (κ3) is 1.94. The van der Waals surface area contributed by atoms with E-state index in [1.54, 1.807) is 24.3 Å². The lowest BCUT2D eigenvalue weighted by Gasteiger charge is -2.07. The van der Waals surface area contributed by atoms with Crippen LogP contribution < -0.4 is 0 Å². The fourth-order valence-electron chi connectivity index (χ4n) is 1.61. The number of carbonyl (C=O) groups is 2. The van der Waals surface area contributed by atoms with Crippen molar-refractivity contribution in [3.8, 4) is 6.07 Å². The molecule has 1 aliphatic heterocycles. The Balaban J connectivity index is 2.15. The lowest BCUT2D eigenvalue weighted by Crippen LogP contribution is -2.20. The van der Waals surface area contributed by atoms with Crippen molar-refractivity contribution in [1.29, 1.82) is 5.26 Å². The monoisotopic (exact) mass is 215 g/mol. The van der Waals surface area contributed by atoms with E-state index in [1.165, 1.54) is 0 Å². The molecule has 1 unspecified atom stereocenters. The maximum atomic E-state index is 11.8. The lowest BCUT2D eigenvalue weighted by molar-refractivity contribution is -0.140. The smallest absolute Gasteiger partial charge is 0.306 e. The Morgan fingerprint density at radius 3 is 2.56 bits per heavy atom. The maximum absolute atomic E-state index is 11.8. The maximum Gasteiger partial charge on any atom is 0.306 e. The predicted octanol–water partition coefficient (Wildman–Crippen LogP) is 1.45. The van der Waals surface area contributed by atoms with Crippen molar-refractivity contribution < 1.29 is 14.3 Å². The highest BCUT2D eigenvalue weighted by molar-refractivity contribution is 6.01. The third-order valence-electron chi connectivity index (χ3n) is 2.48. The molecule has 16 heavy (non-hydrogen) atoms. The minimum Gasteiger partial charge on any atom is -0.454 e. The molecule has 0 saturated carbocycles. The molecule has 1 aromatic carbocycles. The summed E-state index contributed by atoms with van der Waals surface area (Å²) >= 11 is 0. The first-order valence-corrected chi connectivity index (χ1v) is 4.94. The number of nitrogens with zero attached hydrogens (tertiary/aromatic N) is 1. The van der Waals surface area contributed by atoms with Gasteiger partial charge in [0, 0.05) is 18.4 Å². The zero-order valence-electron chi connectivity index (χ0n) is 8.47. The van der Waals surface area contributed by atoms with E-state index in [0.717, 1.165) is 0 Å². The summed E-state index contributed by atoms with van der Waals surface area (Å²) < 4.78 is 4.88. The van der Waals surface area contributed by atoms with E-state index in [1.807, 2.05) is 6.07 Å². The zero-order valence-corrected chi connectivity index (χ0v) is 8.47. The molecule has 0 amide bonds. The topological polar surface area (TPSA) is 67.2 Å². The molecule has 80 valence electrons. The number of hydrogen-bond donors (Lipinski definition) is 0. The molecule has 4 heteroatoms. The van der Waals surface area contributed by atoms with Crippen molar-refractivity contribution in [2.75, 3.05) is 0 Å². The first-order valence-electron chi connectivity index (χ1n) is 4.94. The van der Waals surface area contributed by atoms with Gasteiger partial charge in [0.1, 0.15) is 0 Å². The van der Waals surface area contributed by atoms with Gasteiger partial charge in [-0.1, -0.05) is 0 Å².